The first-order valence-electron chi connectivity index (χ1n) is 8.69. The topological polar surface area (TPSA) is 83.4 Å². The number of hydrogen-bond donors (Lipinski definition) is 0. The van der Waals surface area contributed by atoms with Gasteiger partial charge in [0.05, 0.1) is 13.2 Å². The second kappa shape index (κ2) is 11.3. The smallest absolute Gasteiger partial charge is 0.383 e. The van der Waals surface area contributed by atoms with Gasteiger partial charge in [0.25, 0.3) is 0 Å². The summed E-state index contributed by atoms with van der Waals surface area (Å²) in [5.74, 6) is -0.415. The molecule has 0 saturated heterocycles. The Labute approximate surface area is 179 Å². The molecule has 0 N–H and O–H groups in total. The molecule has 0 aromatic heterocycles. The molecule has 0 radical (unpaired) electrons. The number of rotatable bonds is 10. The van der Waals surface area contributed by atoms with Crippen molar-refractivity contribution in [3.05, 3.63) is 64.1 Å². The molecule has 10 heteroatoms. The second-order valence-electron chi connectivity index (χ2n) is 5.46. The summed E-state index contributed by atoms with van der Waals surface area (Å²) in [4.78, 5) is 17.0. The molecule has 7 nitrogen and oxygen atoms in total. The van der Waals surface area contributed by atoms with E-state index in [1.165, 1.54) is 0 Å². The van der Waals surface area contributed by atoms with Crippen molar-refractivity contribution in [3.8, 4) is 5.75 Å². The average Bonchev–Trinajstić information content (AvgIpc) is 2.68. The van der Waals surface area contributed by atoms with Crippen LogP contribution >= 0.6 is 30.8 Å². The van der Waals surface area contributed by atoms with Crippen LogP contribution in [0.5, 0.6) is 5.75 Å². The predicted octanol–water partition coefficient (Wildman–Crippen LogP) is 5.54. The van der Waals surface area contributed by atoms with Gasteiger partial charge in [0, 0.05) is 15.6 Å². The van der Waals surface area contributed by atoms with Gasteiger partial charge < -0.3 is 18.6 Å². The number of halogens is 2. The maximum Gasteiger partial charge on any atom is 0.383 e. The molecule has 0 aliphatic carbocycles. The van der Waals surface area contributed by atoms with Crippen molar-refractivity contribution in [1.82, 2.24) is 0 Å². The van der Waals surface area contributed by atoms with E-state index in [1.807, 2.05) is 0 Å². The number of carbonyl (C=O) groups excluding carboxylic acids is 1. The Morgan fingerprint density at radius 3 is 2.24 bits per heavy atom. The van der Waals surface area contributed by atoms with Gasteiger partial charge in [-0.3, -0.25) is 4.57 Å². The first-order chi connectivity index (χ1) is 13.9. The lowest BCUT2D eigenvalue weighted by molar-refractivity contribution is -0.145. The van der Waals surface area contributed by atoms with E-state index < -0.39 is 20.2 Å². The lowest BCUT2D eigenvalue weighted by Crippen LogP contribution is -2.15. The molecular weight excluding hydrogens is 440 g/mol. The standard InChI is InChI=1S/C19H20Cl2NO6P/c1-3-26-29(24,27-4-2)19(14-8-10-15(20)11-9-14)22-28-18(23)13-25-17-7-5-6-16(21)12-17/h5-12H,3-4,13H2,1-2H3. The fourth-order valence-corrected chi connectivity index (χ4v) is 4.09. The predicted molar refractivity (Wildman–Crippen MR) is 112 cm³/mol. The summed E-state index contributed by atoms with van der Waals surface area (Å²) in [6, 6.07) is 12.9. The lowest BCUT2D eigenvalue weighted by Gasteiger charge is -2.18. The molecule has 0 spiro atoms. The Kier molecular flexibility index (Phi) is 9.14. The quantitative estimate of drug-likeness (QED) is 0.200. The molecule has 2 aromatic rings. The molecule has 0 bridgehead atoms. The van der Waals surface area contributed by atoms with Crippen LogP contribution in [0.2, 0.25) is 10.0 Å². The summed E-state index contributed by atoms with van der Waals surface area (Å²) in [5, 5.41) is 4.71. The van der Waals surface area contributed by atoms with E-state index in [0.29, 0.717) is 21.4 Å². The molecule has 0 heterocycles. The van der Waals surface area contributed by atoms with Crippen LogP contribution in [0, 0.1) is 0 Å². The zero-order valence-electron chi connectivity index (χ0n) is 15.8. The van der Waals surface area contributed by atoms with Gasteiger partial charge in [0.2, 0.25) is 0 Å². The third kappa shape index (κ3) is 7.14. The van der Waals surface area contributed by atoms with Crippen molar-refractivity contribution in [3.63, 3.8) is 0 Å². The van der Waals surface area contributed by atoms with Crippen LogP contribution in [-0.2, 0) is 23.2 Å². The van der Waals surface area contributed by atoms with Crippen LogP contribution in [0.25, 0.3) is 0 Å². The Balaban J connectivity index is 2.20. The molecule has 0 saturated carbocycles. The summed E-state index contributed by atoms with van der Waals surface area (Å²) in [6.45, 7) is 3.11. The number of carbonyl (C=O) groups is 1. The van der Waals surface area contributed by atoms with E-state index in [9.17, 15) is 9.36 Å². The SMILES string of the molecule is CCOP(=O)(OCC)C(=NOC(=O)COc1cccc(Cl)c1)c1ccc(Cl)cc1. The molecule has 0 atom stereocenters. The zero-order chi connectivity index (χ0) is 21.3. The van der Waals surface area contributed by atoms with Gasteiger partial charge >= 0.3 is 13.6 Å². The first kappa shape index (κ1) is 23.4. The Bertz CT molecular complexity index is 894. The van der Waals surface area contributed by atoms with Crippen molar-refractivity contribution in [2.75, 3.05) is 19.8 Å². The minimum Gasteiger partial charge on any atom is -0.482 e. The van der Waals surface area contributed by atoms with Crippen LogP contribution < -0.4 is 4.74 Å². The largest absolute Gasteiger partial charge is 0.482 e. The van der Waals surface area contributed by atoms with E-state index >= 15 is 0 Å². The van der Waals surface area contributed by atoms with Gasteiger partial charge in [-0.25, -0.2) is 4.79 Å². The normalized spacial score (nSPS) is 11.9. The number of ether oxygens (including phenoxy) is 1. The van der Waals surface area contributed by atoms with Gasteiger partial charge in [-0.05, 0) is 44.2 Å². The molecule has 29 heavy (non-hydrogen) atoms. The number of oxime groups is 1. The molecule has 156 valence electrons. The number of hydrogen-bond acceptors (Lipinski definition) is 7. The fourth-order valence-electron chi connectivity index (χ4n) is 2.18. The maximum absolute atomic E-state index is 13.2. The summed E-state index contributed by atoms with van der Waals surface area (Å²) in [5.41, 5.74) is 0.233. The molecule has 0 amide bonds. The molecule has 0 aliphatic rings. The van der Waals surface area contributed by atoms with Gasteiger partial charge in [-0.2, -0.15) is 0 Å². The molecule has 2 rings (SSSR count). The molecule has 0 fully saturated rings. The van der Waals surface area contributed by atoms with Crippen LogP contribution in [0.4, 0.5) is 0 Å². The molecule has 2 aromatic carbocycles. The monoisotopic (exact) mass is 459 g/mol. The van der Waals surface area contributed by atoms with Crippen LogP contribution in [-0.4, -0.2) is 31.2 Å². The van der Waals surface area contributed by atoms with Crippen molar-refractivity contribution in [2.24, 2.45) is 5.16 Å². The summed E-state index contributed by atoms with van der Waals surface area (Å²) in [7, 11) is -3.83. The van der Waals surface area contributed by atoms with E-state index in [0.717, 1.165) is 0 Å². The summed E-state index contributed by atoms with van der Waals surface area (Å²) >= 11 is 11.8. The Morgan fingerprint density at radius 2 is 1.66 bits per heavy atom. The summed E-state index contributed by atoms with van der Waals surface area (Å²) in [6.07, 6.45) is 0. The van der Waals surface area contributed by atoms with Crippen LogP contribution in [0.1, 0.15) is 19.4 Å². The van der Waals surface area contributed by atoms with Gasteiger partial charge in [0.1, 0.15) is 5.75 Å². The van der Waals surface area contributed by atoms with Crippen molar-refractivity contribution >= 4 is 42.2 Å². The third-order valence-electron chi connectivity index (χ3n) is 3.35. The Morgan fingerprint density at radius 1 is 1.00 bits per heavy atom. The molecular formula is C19H20Cl2NO6P. The number of nitrogens with zero attached hydrogens (tertiary/aromatic N) is 1. The van der Waals surface area contributed by atoms with Gasteiger partial charge in [0.15, 0.2) is 12.1 Å². The average molecular weight is 460 g/mol. The maximum atomic E-state index is 13.2. The summed E-state index contributed by atoms with van der Waals surface area (Å²) < 4.78 is 29.1. The van der Waals surface area contributed by atoms with E-state index in [4.69, 9.17) is 41.8 Å². The highest BCUT2D eigenvalue weighted by molar-refractivity contribution is 7.73. The Hall–Kier alpha value is -1.89. The number of benzene rings is 2. The first-order valence-corrected chi connectivity index (χ1v) is 11.0. The van der Waals surface area contributed by atoms with Crippen molar-refractivity contribution in [2.45, 2.75) is 13.8 Å². The van der Waals surface area contributed by atoms with Gasteiger partial charge in [-0.15, -0.1) is 0 Å². The van der Waals surface area contributed by atoms with E-state index in [-0.39, 0.29) is 18.7 Å². The van der Waals surface area contributed by atoms with Crippen molar-refractivity contribution in [1.29, 1.82) is 0 Å². The minimum absolute atomic E-state index is 0.107. The van der Waals surface area contributed by atoms with E-state index in [1.54, 1.807) is 62.4 Å². The highest BCUT2D eigenvalue weighted by Gasteiger charge is 2.34. The van der Waals surface area contributed by atoms with Crippen LogP contribution in [0.15, 0.2) is 53.7 Å². The van der Waals surface area contributed by atoms with Crippen LogP contribution in [0.3, 0.4) is 0 Å². The molecule has 0 unspecified atom stereocenters. The lowest BCUT2D eigenvalue weighted by atomic mass is 10.2. The highest BCUT2D eigenvalue weighted by Crippen LogP contribution is 2.51. The highest BCUT2D eigenvalue weighted by atomic mass is 35.5. The minimum atomic E-state index is -3.83. The van der Waals surface area contributed by atoms with Crippen molar-refractivity contribution < 1.29 is 28.0 Å². The van der Waals surface area contributed by atoms with Gasteiger partial charge in [-0.1, -0.05) is 46.6 Å². The zero-order valence-corrected chi connectivity index (χ0v) is 18.2. The third-order valence-corrected chi connectivity index (χ3v) is 5.89. The molecule has 0 aliphatic heterocycles. The fraction of sp³-hybridized carbons (Fsp3) is 0.263. The second-order valence-corrected chi connectivity index (χ2v) is 8.27. The van der Waals surface area contributed by atoms with E-state index in [2.05, 4.69) is 5.16 Å².